The minimum atomic E-state index is -3.90. The predicted molar refractivity (Wildman–Crippen MR) is 103 cm³/mol. The minimum Gasteiger partial charge on any atom is -0.334 e. The van der Waals surface area contributed by atoms with Crippen LogP contribution in [0.2, 0.25) is 5.02 Å². The van der Waals surface area contributed by atoms with Crippen molar-refractivity contribution in [3.63, 3.8) is 0 Å². The van der Waals surface area contributed by atoms with Crippen LogP contribution in [0.15, 0.2) is 76.8 Å². The highest BCUT2D eigenvalue weighted by molar-refractivity contribution is 7.91. The first-order chi connectivity index (χ1) is 13.4. The maximum absolute atomic E-state index is 13.6. The highest BCUT2D eigenvalue weighted by atomic mass is 35.5. The molecule has 3 rings (SSSR count). The molecule has 0 fully saturated rings. The van der Waals surface area contributed by atoms with Crippen LogP contribution in [0.3, 0.4) is 0 Å². The van der Waals surface area contributed by atoms with Crippen molar-refractivity contribution >= 4 is 33.2 Å². The number of carbonyl (C=O) groups excluding carboxylic acids is 1. The van der Waals surface area contributed by atoms with E-state index in [9.17, 15) is 17.6 Å². The van der Waals surface area contributed by atoms with E-state index in [1.54, 1.807) is 18.5 Å². The first kappa shape index (κ1) is 19.8. The van der Waals surface area contributed by atoms with Gasteiger partial charge in [-0.05, 0) is 54.1 Å². The Labute approximate surface area is 166 Å². The molecule has 144 valence electrons. The third-order valence-corrected chi connectivity index (χ3v) is 5.87. The van der Waals surface area contributed by atoms with Gasteiger partial charge in [0.15, 0.2) is 0 Å². The molecule has 3 aromatic rings. The van der Waals surface area contributed by atoms with Gasteiger partial charge in [0, 0.05) is 24.6 Å². The zero-order chi connectivity index (χ0) is 20.1. The highest BCUT2D eigenvalue weighted by Crippen LogP contribution is 2.25. The largest absolute Gasteiger partial charge is 0.334 e. The molecule has 2 aromatic carbocycles. The summed E-state index contributed by atoms with van der Waals surface area (Å²) in [5.41, 5.74) is 1.25. The molecule has 0 saturated heterocycles. The first-order valence-electron chi connectivity index (χ1n) is 8.10. The zero-order valence-electron chi connectivity index (χ0n) is 14.4. The molecule has 0 bridgehead atoms. The fourth-order valence-corrected chi connectivity index (χ4v) is 3.75. The smallest absolute Gasteiger partial charge is 0.319 e. The van der Waals surface area contributed by atoms with Crippen LogP contribution in [0.25, 0.3) is 0 Å². The molecule has 1 aromatic heterocycles. The maximum atomic E-state index is 13.6. The van der Waals surface area contributed by atoms with E-state index in [1.807, 2.05) is 6.07 Å². The molecule has 28 heavy (non-hydrogen) atoms. The van der Waals surface area contributed by atoms with Gasteiger partial charge >= 0.3 is 6.03 Å². The average Bonchev–Trinajstić information content (AvgIpc) is 2.69. The molecule has 2 N–H and O–H groups in total. The monoisotopic (exact) mass is 419 g/mol. The van der Waals surface area contributed by atoms with Crippen molar-refractivity contribution < 1.29 is 17.6 Å². The van der Waals surface area contributed by atoms with Gasteiger partial charge in [-0.3, -0.25) is 4.98 Å². The van der Waals surface area contributed by atoms with Crippen LogP contribution in [0.1, 0.15) is 5.56 Å². The maximum Gasteiger partial charge on any atom is 0.319 e. The summed E-state index contributed by atoms with van der Waals surface area (Å²) in [5, 5.41) is 5.11. The minimum absolute atomic E-state index is 0.0319. The standard InChI is InChI=1S/C19H15ClFN3O3S/c20-17-8-7-16(10-18(17)21)28(26,27)15-5-3-14(4-6-15)24-19(25)23-12-13-2-1-9-22-11-13/h1-11H,12H2,(H2,23,24,25). The summed E-state index contributed by atoms with van der Waals surface area (Å²) in [6, 6.07) is 12.0. The number of anilines is 1. The van der Waals surface area contributed by atoms with Crippen LogP contribution < -0.4 is 10.6 Å². The van der Waals surface area contributed by atoms with Crippen molar-refractivity contribution in [1.82, 2.24) is 10.3 Å². The molecule has 0 atom stereocenters. The number of nitrogens with zero attached hydrogens (tertiary/aromatic N) is 1. The van der Waals surface area contributed by atoms with Crippen LogP contribution in [-0.4, -0.2) is 19.4 Å². The second-order valence-electron chi connectivity index (χ2n) is 5.77. The second kappa shape index (κ2) is 8.37. The molecule has 0 saturated carbocycles. The Morgan fingerprint density at radius 3 is 2.43 bits per heavy atom. The van der Waals surface area contributed by atoms with Crippen molar-refractivity contribution in [3.8, 4) is 0 Å². The van der Waals surface area contributed by atoms with Crippen LogP contribution in [0.5, 0.6) is 0 Å². The number of hydrogen-bond donors (Lipinski definition) is 2. The van der Waals surface area contributed by atoms with E-state index >= 15 is 0 Å². The third-order valence-electron chi connectivity index (χ3n) is 3.80. The van der Waals surface area contributed by atoms with E-state index in [0.29, 0.717) is 12.2 Å². The fourth-order valence-electron chi connectivity index (χ4n) is 2.36. The van der Waals surface area contributed by atoms with E-state index in [2.05, 4.69) is 15.6 Å². The summed E-state index contributed by atoms with van der Waals surface area (Å²) in [5.74, 6) is -0.814. The predicted octanol–water partition coefficient (Wildman–Crippen LogP) is 4.03. The number of hydrogen-bond acceptors (Lipinski definition) is 4. The molecule has 0 radical (unpaired) electrons. The Kier molecular flexibility index (Phi) is 5.91. The molecule has 0 aliphatic rings. The molecule has 1 heterocycles. The number of halogens is 2. The number of carbonyl (C=O) groups is 1. The van der Waals surface area contributed by atoms with Crippen LogP contribution in [0, 0.1) is 5.82 Å². The summed E-state index contributed by atoms with van der Waals surface area (Å²) >= 11 is 5.59. The second-order valence-corrected chi connectivity index (χ2v) is 8.13. The lowest BCUT2D eigenvalue weighted by atomic mass is 10.3. The number of sulfone groups is 1. The van der Waals surface area contributed by atoms with E-state index in [-0.39, 0.29) is 14.8 Å². The summed E-state index contributed by atoms with van der Waals surface area (Å²) in [6.45, 7) is 0.300. The van der Waals surface area contributed by atoms with Gasteiger partial charge in [-0.25, -0.2) is 17.6 Å². The Hall–Kier alpha value is -2.97. The van der Waals surface area contributed by atoms with E-state index in [4.69, 9.17) is 11.6 Å². The average molecular weight is 420 g/mol. The lowest BCUT2D eigenvalue weighted by Crippen LogP contribution is -2.28. The number of nitrogens with one attached hydrogen (secondary N) is 2. The Morgan fingerprint density at radius 2 is 1.79 bits per heavy atom. The molecule has 0 unspecified atom stereocenters. The van der Waals surface area contributed by atoms with Crippen LogP contribution in [0.4, 0.5) is 14.9 Å². The van der Waals surface area contributed by atoms with Gasteiger partial charge in [-0.1, -0.05) is 17.7 Å². The van der Waals surface area contributed by atoms with Gasteiger partial charge in [0.05, 0.1) is 14.8 Å². The molecule has 0 spiro atoms. The molecular formula is C19H15ClFN3O3S. The normalized spacial score (nSPS) is 11.1. The summed E-state index contributed by atoms with van der Waals surface area (Å²) in [4.78, 5) is 15.7. The molecule has 2 amide bonds. The quantitative estimate of drug-likeness (QED) is 0.653. The summed E-state index contributed by atoms with van der Waals surface area (Å²) in [6.07, 6.45) is 3.27. The summed E-state index contributed by atoms with van der Waals surface area (Å²) in [7, 11) is -3.90. The van der Waals surface area contributed by atoms with E-state index in [1.165, 1.54) is 36.4 Å². The van der Waals surface area contributed by atoms with Crippen molar-refractivity contribution in [1.29, 1.82) is 0 Å². The van der Waals surface area contributed by atoms with Gasteiger partial charge in [0.1, 0.15) is 5.82 Å². The number of pyridine rings is 1. The number of aromatic nitrogens is 1. The molecule has 9 heteroatoms. The van der Waals surface area contributed by atoms with E-state index in [0.717, 1.165) is 11.6 Å². The Bertz CT molecular complexity index is 1090. The van der Waals surface area contributed by atoms with Crippen molar-refractivity contribution in [2.75, 3.05) is 5.32 Å². The number of rotatable bonds is 5. The van der Waals surface area contributed by atoms with Crippen LogP contribution in [-0.2, 0) is 16.4 Å². The van der Waals surface area contributed by atoms with Gasteiger partial charge in [0.25, 0.3) is 0 Å². The lowest BCUT2D eigenvalue weighted by Gasteiger charge is -2.09. The highest BCUT2D eigenvalue weighted by Gasteiger charge is 2.19. The molecule has 6 nitrogen and oxygen atoms in total. The summed E-state index contributed by atoms with van der Waals surface area (Å²) < 4.78 is 38.7. The lowest BCUT2D eigenvalue weighted by molar-refractivity contribution is 0.251. The van der Waals surface area contributed by atoms with E-state index < -0.39 is 21.7 Å². The fraction of sp³-hybridized carbons (Fsp3) is 0.0526. The first-order valence-corrected chi connectivity index (χ1v) is 9.96. The van der Waals surface area contributed by atoms with Crippen molar-refractivity contribution in [3.05, 3.63) is 83.4 Å². The Morgan fingerprint density at radius 1 is 1.07 bits per heavy atom. The molecular weight excluding hydrogens is 405 g/mol. The van der Waals surface area contributed by atoms with Crippen molar-refractivity contribution in [2.45, 2.75) is 16.3 Å². The SMILES string of the molecule is O=C(NCc1cccnc1)Nc1ccc(S(=O)(=O)c2ccc(Cl)c(F)c2)cc1. The molecule has 0 aliphatic heterocycles. The number of amides is 2. The third kappa shape index (κ3) is 4.65. The Balaban J connectivity index is 1.67. The van der Waals surface area contributed by atoms with Gasteiger partial charge in [-0.2, -0.15) is 0 Å². The number of benzene rings is 2. The van der Waals surface area contributed by atoms with Crippen LogP contribution >= 0.6 is 11.6 Å². The number of urea groups is 1. The van der Waals surface area contributed by atoms with Gasteiger partial charge in [-0.15, -0.1) is 0 Å². The van der Waals surface area contributed by atoms with Crippen molar-refractivity contribution in [2.24, 2.45) is 0 Å². The molecule has 0 aliphatic carbocycles. The zero-order valence-corrected chi connectivity index (χ0v) is 16.0. The van der Waals surface area contributed by atoms with Gasteiger partial charge in [0.2, 0.25) is 9.84 Å². The van der Waals surface area contributed by atoms with Gasteiger partial charge < -0.3 is 10.6 Å². The topological polar surface area (TPSA) is 88.2 Å².